The van der Waals surface area contributed by atoms with Crippen molar-refractivity contribution in [2.24, 2.45) is 0 Å². The summed E-state index contributed by atoms with van der Waals surface area (Å²) < 4.78 is 28.8. The molecule has 1 saturated heterocycles. The smallest absolute Gasteiger partial charge is 0.187 e. The molecule has 5 unspecified atom stereocenters. The first kappa shape index (κ1) is 15.5. The Hall–Kier alpha value is -0.510. The van der Waals surface area contributed by atoms with Gasteiger partial charge in [0.25, 0.3) is 0 Å². The van der Waals surface area contributed by atoms with Gasteiger partial charge in [-0.25, -0.2) is 8.42 Å². The summed E-state index contributed by atoms with van der Waals surface area (Å²) in [6.45, 7) is 4.29. The molecule has 1 rings (SSSR count). The molecule has 1 aliphatic heterocycles. The number of hydrogen-bond acceptors (Lipinski definition) is 7. The summed E-state index contributed by atoms with van der Waals surface area (Å²) in [5, 5.41) is 37.6. The van der Waals surface area contributed by atoms with Gasteiger partial charge < -0.3 is 25.2 Å². The van der Waals surface area contributed by atoms with E-state index in [9.17, 15) is 23.7 Å². The van der Waals surface area contributed by atoms with Gasteiger partial charge in [-0.2, -0.15) is 0 Å². The minimum absolute atomic E-state index is 0.354. The van der Waals surface area contributed by atoms with Crippen LogP contribution < -0.4 is 0 Å². The summed E-state index contributed by atoms with van der Waals surface area (Å²) >= 11 is 0. The van der Waals surface area contributed by atoms with Crippen molar-refractivity contribution >= 4 is 9.84 Å². The third kappa shape index (κ3) is 3.08. The maximum absolute atomic E-state index is 11.9. The molecule has 8 heteroatoms. The van der Waals surface area contributed by atoms with Crippen molar-refractivity contribution in [3.05, 3.63) is 12.2 Å². The Balaban J connectivity index is 2.98. The van der Waals surface area contributed by atoms with Crippen LogP contribution in [0.3, 0.4) is 0 Å². The highest BCUT2D eigenvalue weighted by Crippen LogP contribution is 2.25. The van der Waals surface area contributed by atoms with Gasteiger partial charge in [-0.05, 0) is 6.92 Å². The highest BCUT2D eigenvalue weighted by Gasteiger charge is 2.48. The molecule has 0 aromatic rings. The fourth-order valence-corrected chi connectivity index (χ4v) is 3.54. The van der Waals surface area contributed by atoms with E-state index in [1.165, 1.54) is 6.92 Å². The molecular formula is C10H18O7S. The highest BCUT2D eigenvalue weighted by atomic mass is 32.2. The van der Waals surface area contributed by atoms with E-state index in [4.69, 9.17) is 9.84 Å². The Labute approximate surface area is 105 Å². The molecule has 0 saturated carbocycles. The zero-order valence-electron chi connectivity index (χ0n) is 9.93. The van der Waals surface area contributed by atoms with Crippen molar-refractivity contribution in [3.8, 4) is 0 Å². The van der Waals surface area contributed by atoms with Gasteiger partial charge in [0.05, 0.1) is 12.4 Å². The van der Waals surface area contributed by atoms with Crippen LogP contribution in [0, 0.1) is 0 Å². The van der Waals surface area contributed by atoms with Crippen molar-refractivity contribution in [1.82, 2.24) is 0 Å². The van der Waals surface area contributed by atoms with Gasteiger partial charge in [-0.1, -0.05) is 12.2 Å². The number of rotatable bonds is 4. The second kappa shape index (κ2) is 5.64. The third-order valence-electron chi connectivity index (χ3n) is 2.65. The molecule has 0 spiro atoms. The summed E-state index contributed by atoms with van der Waals surface area (Å²) in [4.78, 5) is 0. The number of sulfone groups is 1. The van der Waals surface area contributed by atoms with Crippen LogP contribution in [0.4, 0.5) is 0 Å². The van der Waals surface area contributed by atoms with Crippen LogP contribution >= 0.6 is 0 Å². The zero-order valence-corrected chi connectivity index (χ0v) is 10.7. The maximum atomic E-state index is 11.9. The van der Waals surface area contributed by atoms with Crippen LogP contribution in [0.5, 0.6) is 0 Å². The SMILES string of the molecule is C=C(C)CS(=O)(=O)C1OC(CO)C(O)C(O)C1O. The van der Waals surface area contributed by atoms with E-state index in [1.54, 1.807) is 0 Å². The number of hydrogen-bond donors (Lipinski definition) is 4. The first-order valence-corrected chi connectivity index (χ1v) is 7.08. The molecule has 0 aromatic heterocycles. The summed E-state index contributed by atoms with van der Waals surface area (Å²) in [5.41, 5.74) is -1.34. The van der Waals surface area contributed by atoms with Crippen molar-refractivity contribution < 1.29 is 33.6 Å². The van der Waals surface area contributed by atoms with Crippen LogP contribution in [-0.4, -0.2) is 71.1 Å². The summed E-state index contributed by atoms with van der Waals surface area (Å²) in [6.07, 6.45) is -6.26. The molecule has 0 aromatic carbocycles. The van der Waals surface area contributed by atoms with Crippen LogP contribution in [0.1, 0.15) is 6.92 Å². The Morgan fingerprint density at radius 1 is 1.22 bits per heavy atom. The first-order chi connectivity index (χ1) is 8.20. The topological polar surface area (TPSA) is 124 Å². The normalized spacial score (nSPS) is 37.5. The molecule has 18 heavy (non-hydrogen) atoms. The van der Waals surface area contributed by atoms with Gasteiger partial charge >= 0.3 is 0 Å². The minimum atomic E-state index is -3.89. The van der Waals surface area contributed by atoms with Gasteiger partial charge in [0.1, 0.15) is 24.4 Å². The van der Waals surface area contributed by atoms with Crippen molar-refractivity contribution in [2.75, 3.05) is 12.4 Å². The predicted octanol–water partition coefficient (Wildman–Crippen LogP) is -2.22. The molecule has 0 aliphatic carbocycles. The second-order valence-corrected chi connectivity index (χ2v) is 6.54. The zero-order chi connectivity index (χ0) is 14.1. The Morgan fingerprint density at radius 3 is 2.22 bits per heavy atom. The molecular weight excluding hydrogens is 264 g/mol. The van der Waals surface area contributed by atoms with Gasteiger partial charge in [0, 0.05) is 0 Å². The molecule has 0 bridgehead atoms. The summed E-state index contributed by atoms with van der Waals surface area (Å²) in [6, 6.07) is 0. The van der Waals surface area contributed by atoms with E-state index >= 15 is 0 Å². The van der Waals surface area contributed by atoms with E-state index in [-0.39, 0.29) is 0 Å². The lowest BCUT2D eigenvalue weighted by molar-refractivity contribution is -0.207. The summed E-state index contributed by atoms with van der Waals surface area (Å²) in [5.74, 6) is -0.407. The van der Waals surface area contributed by atoms with Crippen molar-refractivity contribution in [3.63, 3.8) is 0 Å². The molecule has 106 valence electrons. The monoisotopic (exact) mass is 282 g/mol. The van der Waals surface area contributed by atoms with Crippen LogP contribution in [0.2, 0.25) is 0 Å². The number of ether oxygens (including phenoxy) is 1. The molecule has 4 N–H and O–H groups in total. The van der Waals surface area contributed by atoms with Gasteiger partial charge in [-0.15, -0.1) is 0 Å². The molecule has 1 aliphatic rings. The molecule has 0 amide bonds. The first-order valence-electron chi connectivity index (χ1n) is 5.37. The van der Waals surface area contributed by atoms with Crippen molar-refractivity contribution in [1.29, 1.82) is 0 Å². The van der Waals surface area contributed by atoms with Gasteiger partial charge in [0.2, 0.25) is 0 Å². The predicted molar refractivity (Wildman–Crippen MR) is 62.4 cm³/mol. The van der Waals surface area contributed by atoms with E-state index in [1.807, 2.05) is 0 Å². The Bertz CT molecular complexity index is 402. The molecule has 1 heterocycles. The molecule has 0 radical (unpaired) electrons. The van der Waals surface area contributed by atoms with E-state index in [0.717, 1.165) is 0 Å². The Morgan fingerprint density at radius 2 is 1.78 bits per heavy atom. The number of aliphatic hydroxyl groups is 4. The number of aliphatic hydroxyl groups excluding tert-OH is 4. The fourth-order valence-electron chi connectivity index (χ4n) is 1.79. The van der Waals surface area contributed by atoms with Gasteiger partial charge in [0.15, 0.2) is 15.3 Å². The van der Waals surface area contributed by atoms with Crippen LogP contribution in [0.25, 0.3) is 0 Å². The molecule has 1 fully saturated rings. The van der Waals surface area contributed by atoms with Gasteiger partial charge in [-0.3, -0.25) is 0 Å². The van der Waals surface area contributed by atoms with Crippen molar-refractivity contribution in [2.45, 2.75) is 36.8 Å². The maximum Gasteiger partial charge on any atom is 0.187 e. The fraction of sp³-hybridized carbons (Fsp3) is 0.800. The lowest BCUT2D eigenvalue weighted by atomic mass is 10.0. The van der Waals surface area contributed by atoms with E-state index < -0.39 is 52.0 Å². The lowest BCUT2D eigenvalue weighted by Gasteiger charge is -2.39. The molecule has 7 nitrogen and oxygen atoms in total. The minimum Gasteiger partial charge on any atom is -0.394 e. The highest BCUT2D eigenvalue weighted by molar-refractivity contribution is 7.92. The van der Waals surface area contributed by atoms with Crippen LogP contribution in [-0.2, 0) is 14.6 Å². The Kier molecular flexibility index (Phi) is 4.87. The van der Waals surface area contributed by atoms with Crippen LogP contribution in [0.15, 0.2) is 12.2 Å². The average molecular weight is 282 g/mol. The third-order valence-corrected chi connectivity index (χ3v) is 4.64. The molecule has 5 atom stereocenters. The van der Waals surface area contributed by atoms with E-state index in [0.29, 0.717) is 5.57 Å². The standard InChI is InChI=1S/C10H18O7S/c1-5(2)4-18(15,16)10-9(14)8(13)7(12)6(3-11)17-10/h6-14H,1,3-4H2,2H3. The van der Waals surface area contributed by atoms with E-state index in [2.05, 4.69) is 6.58 Å². The summed E-state index contributed by atoms with van der Waals surface area (Å²) in [7, 11) is -3.89. The lowest BCUT2D eigenvalue weighted by Crippen LogP contribution is -2.60. The second-order valence-electron chi connectivity index (χ2n) is 4.46. The largest absolute Gasteiger partial charge is 0.394 e. The average Bonchev–Trinajstić information content (AvgIpc) is 2.24. The quantitative estimate of drug-likeness (QED) is 0.430.